The number of ether oxygens (including phenoxy) is 1. The normalized spacial score (nSPS) is 10.4. The van der Waals surface area contributed by atoms with E-state index in [2.05, 4.69) is 10.3 Å². The van der Waals surface area contributed by atoms with Crippen molar-refractivity contribution in [2.24, 2.45) is 5.73 Å². The number of nitrogens with one attached hydrogen (secondary N) is 1. The maximum absolute atomic E-state index is 5.49. The van der Waals surface area contributed by atoms with Crippen molar-refractivity contribution in [3.63, 3.8) is 0 Å². The lowest BCUT2D eigenvalue weighted by Crippen LogP contribution is -2.18. The molecule has 78 valence electrons. The topological polar surface area (TPSA) is 60.2 Å². The molecule has 3 N–H and O–H groups in total. The number of nitrogens with zero attached hydrogens (tertiary/aromatic N) is 1. The van der Waals surface area contributed by atoms with Crippen molar-refractivity contribution in [2.45, 2.75) is 13.1 Å². The van der Waals surface area contributed by atoms with Gasteiger partial charge >= 0.3 is 0 Å². The SMILES string of the molecule is COCCNCc1ccnc(CN)c1. The van der Waals surface area contributed by atoms with Gasteiger partial charge in [-0.25, -0.2) is 0 Å². The Hall–Kier alpha value is -0.970. The van der Waals surface area contributed by atoms with Crippen LogP contribution in [-0.2, 0) is 17.8 Å². The highest BCUT2D eigenvalue weighted by Gasteiger charge is 1.94. The van der Waals surface area contributed by atoms with Crippen LogP contribution in [0.5, 0.6) is 0 Å². The summed E-state index contributed by atoms with van der Waals surface area (Å²) in [5.74, 6) is 0. The predicted octanol–water partition coefficient (Wildman–Crippen LogP) is 0.276. The first-order valence-electron chi connectivity index (χ1n) is 4.70. The maximum atomic E-state index is 5.49. The molecule has 0 saturated heterocycles. The van der Waals surface area contributed by atoms with Gasteiger partial charge in [0.05, 0.1) is 12.3 Å². The summed E-state index contributed by atoms with van der Waals surface area (Å²) in [6.07, 6.45) is 1.79. The molecule has 0 unspecified atom stereocenters. The summed E-state index contributed by atoms with van der Waals surface area (Å²) in [7, 11) is 1.70. The number of aromatic nitrogens is 1. The van der Waals surface area contributed by atoms with Gasteiger partial charge in [-0.3, -0.25) is 4.98 Å². The van der Waals surface area contributed by atoms with Crippen LogP contribution in [0.4, 0.5) is 0 Å². The zero-order valence-electron chi connectivity index (χ0n) is 8.49. The van der Waals surface area contributed by atoms with Crippen LogP contribution in [0.25, 0.3) is 0 Å². The Morgan fingerprint density at radius 3 is 3.14 bits per heavy atom. The van der Waals surface area contributed by atoms with Crippen molar-refractivity contribution < 1.29 is 4.74 Å². The molecule has 0 aliphatic carbocycles. The number of nitrogens with two attached hydrogens (primary N) is 1. The summed E-state index contributed by atoms with van der Waals surface area (Å²) < 4.78 is 4.93. The molecule has 14 heavy (non-hydrogen) atoms. The molecule has 1 rings (SSSR count). The monoisotopic (exact) mass is 195 g/mol. The summed E-state index contributed by atoms with van der Waals surface area (Å²) >= 11 is 0. The van der Waals surface area contributed by atoms with E-state index in [1.54, 1.807) is 13.3 Å². The summed E-state index contributed by atoms with van der Waals surface area (Å²) in [5, 5.41) is 3.26. The maximum Gasteiger partial charge on any atom is 0.0587 e. The van der Waals surface area contributed by atoms with Crippen LogP contribution >= 0.6 is 0 Å². The number of rotatable bonds is 6. The summed E-state index contributed by atoms with van der Waals surface area (Å²) in [6.45, 7) is 2.91. The largest absolute Gasteiger partial charge is 0.383 e. The van der Waals surface area contributed by atoms with Gasteiger partial charge in [0, 0.05) is 32.9 Å². The van der Waals surface area contributed by atoms with Gasteiger partial charge in [0.1, 0.15) is 0 Å². The molecule has 4 nitrogen and oxygen atoms in total. The second-order valence-electron chi connectivity index (χ2n) is 3.03. The van der Waals surface area contributed by atoms with E-state index < -0.39 is 0 Å². The van der Waals surface area contributed by atoms with Gasteiger partial charge < -0.3 is 15.8 Å². The van der Waals surface area contributed by atoms with Crippen molar-refractivity contribution in [1.29, 1.82) is 0 Å². The van der Waals surface area contributed by atoms with Gasteiger partial charge in [-0.2, -0.15) is 0 Å². The average Bonchev–Trinajstić information content (AvgIpc) is 2.25. The predicted molar refractivity (Wildman–Crippen MR) is 55.7 cm³/mol. The van der Waals surface area contributed by atoms with Gasteiger partial charge in [0.15, 0.2) is 0 Å². The minimum absolute atomic E-state index is 0.492. The van der Waals surface area contributed by atoms with Crippen LogP contribution < -0.4 is 11.1 Å². The minimum atomic E-state index is 0.492. The van der Waals surface area contributed by atoms with Crippen LogP contribution in [-0.4, -0.2) is 25.2 Å². The van der Waals surface area contributed by atoms with Crippen molar-refractivity contribution in [3.05, 3.63) is 29.6 Å². The fourth-order valence-corrected chi connectivity index (χ4v) is 1.16. The van der Waals surface area contributed by atoms with Gasteiger partial charge in [0.2, 0.25) is 0 Å². The standard InChI is InChI=1S/C10H17N3O/c1-14-5-4-12-8-9-2-3-13-10(6-9)7-11/h2-3,6,12H,4-5,7-8,11H2,1H3. The minimum Gasteiger partial charge on any atom is -0.383 e. The van der Waals surface area contributed by atoms with E-state index in [4.69, 9.17) is 10.5 Å². The molecule has 0 aliphatic heterocycles. The summed E-state index contributed by atoms with van der Waals surface area (Å²) in [5.41, 5.74) is 7.62. The van der Waals surface area contributed by atoms with Crippen LogP contribution in [0, 0.1) is 0 Å². The first-order valence-corrected chi connectivity index (χ1v) is 4.70. The highest BCUT2D eigenvalue weighted by molar-refractivity contribution is 5.15. The zero-order chi connectivity index (χ0) is 10.2. The molecular formula is C10H17N3O. The lowest BCUT2D eigenvalue weighted by Gasteiger charge is -2.05. The number of hydrogen-bond donors (Lipinski definition) is 2. The third kappa shape index (κ3) is 3.83. The molecule has 0 amide bonds. The van der Waals surface area contributed by atoms with Gasteiger partial charge in [-0.1, -0.05) is 0 Å². The van der Waals surface area contributed by atoms with Gasteiger partial charge in [-0.05, 0) is 17.7 Å². The van der Waals surface area contributed by atoms with Crippen LogP contribution in [0.2, 0.25) is 0 Å². The first-order chi connectivity index (χ1) is 6.86. The Morgan fingerprint density at radius 1 is 1.57 bits per heavy atom. The molecule has 0 spiro atoms. The Balaban J connectivity index is 2.34. The van der Waals surface area contributed by atoms with Crippen molar-refractivity contribution >= 4 is 0 Å². The summed E-state index contributed by atoms with van der Waals surface area (Å²) in [6, 6.07) is 4.00. The molecule has 1 heterocycles. The first kappa shape index (κ1) is 11.1. The Labute approximate surface area is 84.5 Å². The molecule has 0 fully saturated rings. The highest BCUT2D eigenvalue weighted by Crippen LogP contribution is 2.00. The number of hydrogen-bond acceptors (Lipinski definition) is 4. The molecule has 0 saturated carbocycles. The molecule has 0 aromatic carbocycles. The second kappa shape index (κ2) is 6.48. The third-order valence-electron chi connectivity index (χ3n) is 1.90. The Kier molecular flexibility index (Phi) is 5.14. The quantitative estimate of drug-likeness (QED) is 0.640. The lowest BCUT2D eigenvalue weighted by atomic mass is 10.2. The van der Waals surface area contributed by atoms with Crippen LogP contribution in [0.1, 0.15) is 11.3 Å². The van der Waals surface area contributed by atoms with Crippen molar-refractivity contribution in [1.82, 2.24) is 10.3 Å². The highest BCUT2D eigenvalue weighted by atomic mass is 16.5. The van der Waals surface area contributed by atoms with E-state index in [9.17, 15) is 0 Å². The van der Waals surface area contributed by atoms with Crippen molar-refractivity contribution in [2.75, 3.05) is 20.3 Å². The molecule has 0 bridgehead atoms. The van der Waals surface area contributed by atoms with E-state index in [1.807, 2.05) is 12.1 Å². The molecule has 4 heteroatoms. The third-order valence-corrected chi connectivity index (χ3v) is 1.90. The van der Waals surface area contributed by atoms with Crippen LogP contribution in [0.15, 0.2) is 18.3 Å². The van der Waals surface area contributed by atoms with Gasteiger partial charge in [-0.15, -0.1) is 0 Å². The number of pyridine rings is 1. The second-order valence-corrected chi connectivity index (χ2v) is 3.03. The average molecular weight is 195 g/mol. The Bertz CT molecular complexity index is 265. The fourth-order valence-electron chi connectivity index (χ4n) is 1.16. The fraction of sp³-hybridized carbons (Fsp3) is 0.500. The van der Waals surface area contributed by atoms with E-state index in [-0.39, 0.29) is 0 Å². The number of methoxy groups -OCH3 is 1. The smallest absolute Gasteiger partial charge is 0.0587 e. The molecule has 1 aromatic heterocycles. The molecule has 1 aromatic rings. The van der Waals surface area contributed by atoms with Crippen LogP contribution in [0.3, 0.4) is 0 Å². The Morgan fingerprint density at radius 2 is 2.43 bits per heavy atom. The zero-order valence-corrected chi connectivity index (χ0v) is 8.49. The molecular weight excluding hydrogens is 178 g/mol. The van der Waals surface area contributed by atoms with Crippen molar-refractivity contribution in [3.8, 4) is 0 Å². The van der Waals surface area contributed by atoms with E-state index in [1.165, 1.54) is 5.56 Å². The molecule has 0 radical (unpaired) electrons. The lowest BCUT2D eigenvalue weighted by molar-refractivity contribution is 0.199. The molecule has 0 atom stereocenters. The summed E-state index contributed by atoms with van der Waals surface area (Å²) in [4.78, 5) is 4.12. The van der Waals surface area contributed by atoms with E-state index in [0.717, 1.165) is 25.4 Å². The van der Waals surface area contributed by atoms with E-state index in [0.29, 0.717) is 6.54 Å². The molecule has 0 aliphatic rings. The van der Waals surface area contributed by atoms with E-state index >= 15 is 0 Å². The van der Waals surface area contributed by atoms with Gasteiger partial charge in [0.25, 0.3) is 0 Å².